The Kier molecular flexibility index (Phi) is 2.04. The third-order valence-electron chi connectivity index (χ3n) is 3.23. The third-order valence-corrected chi connectivity index (χ3v) is 4.21. The van der Waals surface area contributed by atoms with E-state index >= 15 is 0 Å². The van der Waals surface area contributed by atoms with Crippen molar-refractivity contribution in [2.45, 2.75) is 6.92 Å². The van der Waals surface area contributed by atoms with Crippen molar-refractivity contribution in [2.24, 2.45) is 5.41 Å². The molecule has 2 fully saturated rings. The van der Waals surface area contributed by atoms with Crippen LogP contribution in [0.1, 0.15) is 5.56 Å². The van der Waals surface area contributed by atoms with Crippen LogP contribution < -0.4 is 4.90 Å². The molecule has 80 valence electrons. The normalized spacial score (nSPS) is 22.4. The Morgan fingerprint density at radius 2 is 2.20 bits per heavy atom. The monoisotopic (exact) mass is 268 g/mol. The molecule has 2 aliphatic rings. The molecular formula is C11H13BrN2O. The highest BCUT2D eigenvalue weighted by molar-refractivity contribution is 9.10. The van der Waals surface area contributed by atoms with Gasteiger partial charge in [0.15, 0.2) is 0 Å². The molecule has 3 heterocycles. The molecule has 0 amide bonds. The second-order valence-electron chi connectivity index (χ2n) is 4.61. The van der Waals surface area contributed by atoms with Crippen molar-refractivity contribution in [1.29, 1.82) is 0 Å². The molecule has 15 heavy (non-hydrogen) atoms. The average molecular weight is 269 g/mol. The molecule has 1 aromatic rings. The molecule has 0 radical (unpaired) electrons. The number of halogens is 1. The Labute approximate surface area is 97.6 Å². The minimum Gasteiger partial charge on any atom is -0.380 e. The maximum atomic E-state index is 5.26. The lowest BCUT2D eigenvalue weighted by atomic mass is 9.78. The van der Waals surface area contributed by atoms with Crippen molar-refractivity contribution < 1.29 is 4.74 Å². The summed E-state index contributed by atoms with van der Waals surface area (Å²) in [6.45, 7) is 6.11. The fourth-order valence-corrected chi connectivity index (χ4v) is 2.72. The number of nitrogens with zero attached hydrogens (tertiary/aromatic N) is 2. The number of aryl methyl sites for hydroxylation is 1. The van der Waals surface area contributed by atoms with Crippen molar-refractivity contribution in [2.75, 3.05) is 31.2 Å². The van der Waals surface area contributed by atoms with Gasteiger partial charge in [0.25, 0.3) is 0 Å². The number of aromatic nitrogens is 1. The second kappa shape index (κ2) is 3.19. The first-order valence-corrected chi connectivity index (χ1v) is 5.93. The molecule has 3 rings (SSSR count). The fourth-order valence-electron chi connectivity index (χ4n) is 2.23. The molecule has 2 aliphatic heterocycles. The maximum absolute atomic E-state index is 5.26. The van der Waals surface area contributed by atoms with Gasteiger partial charge in [0.05, 0.1) is 23.1 Å². The van der Waals surface area contributed by atoms with E-state index in [9.17, 15) is 0 Å². The maximum Gasteiger partial charge on any atom is 0.143 e. The van der Waals surface area contributed by atoms with Crippen LogP contribution >= 0.6 is 15.9 Å². The largest absolute Gasteiger partial charge is 0.380 e. The Bertz CT molecular complexity index is 396. The van der Waals surface area contributed by atoms with Gasteiger partial charge in [-0.2, -0.15) is 0 Å². The van der Waals surface area contributed by atoms with E-state index in [1.54, 1.807) is 0 Å². The highest BCUT2D eigenvalue weighted by Gasteiger charge is 2.49. The van der Waals surface area contributed by atoms with Gasteiger partial charge in [0.2, 0.25) is 0 Å². The van der Waals surface area contributed by atoms with Crippen molar-refractivity contribution >= 4 is 21.7 Å². The van der Waals surface area contributed by atoms with Crippen LogP contribution in [0.5, 0.6) is 0 Å². The summed E-state index contributed by atoms with van der Waals surface area (Å²) in [5.74, 6) is 1.08. The molecule has 0 aliphatic carbocycles. The summed E-state index contributed by atoms with van der Waals surface area (Å²) < 4.78 is 6.38. The Morgan fingerprint density at radius 3 is 2.80 bits per heavy atom. The van der Waals surface area contributed by atoms with Crippen molar-refractivity contribution in [3.8, 4) is 0 Å². The van der Waals surface area contributed by atoms with Crippen LogP contribution in [0.15, 0.2) is 16.7 Å². The van der Waals surface area contributed by atoms with Crippen LogP contribution in [0, 0.1) is 12.3 Å². The van der Waals surface area contributed by atoms with Gasteiger partial charge < -0.3 is 9.64 Å². The quantitative estimate of drug-likeness (QED) is 0.779. The molecule has 1 spiro atoms. The molecule has 3 nitrogen and oxygen atoms in total. The van der Waals surface area contributed by atoms with Crippen LogP contribution in [0.4, 0.5) is 5.82 Å². The minimum absolute atomic E-state index is 0.449. The zero-order chi connectivity index (χ0) is 10.5. The third kappa shape index (κ3) is 1.39. The van der Waals surface area contributed by atoms with Crippen LogP contribution in [0.25, 0.3) is 0 Å². The zero-order valence-electron chi connectivity index (χ0n) is 8.66. The number of hydrogen-bond acceptors (Lipinski definition) is 3. The summed E-state index contributed by atoms with van der Waals surface area (Å²) in [5, 5.41) is 0. The summed E-state index contributed by atoms with van der Waals surface area (Å²) in [5.41, 5.74) is 1.69. The molecule has 0 unspecified atom stereocenters. The van der Waals surface area contributed by atoms with Gasteiger partial charge in [0.1, 0.15) is 5.82 Å². The van der Waals surface area contributed by atoms with Crippen LogP contribution in [-0.2, 0) is 4.74 Å². The lowest BCUT2D eigenvalue weighted by molar-refractivity contribution is -0.127. The summed E-state index contributed by atoms with van der Waals surface area (Å²) in [6.07, 6.45) is 1.87. The van der Waals surface area contributed by atoms with E-state index in [1.807, 2.05) is 12.3 Å². The van der Waals surface area contributed by atoms with Crippen LogP contribution in [0.3, 0.4) is 0 Å². The molecular weight excluding hydrogens is 256 g/mol. The van der Waals surface area contributed by atoms with Gasteiger partial charge in [-0.3, -0.25) is 0 Å². The van der Waals surface area contributed by atoms with Gasteiger partial charge in [-0.15, -0.1) is 0 Å². The molecule has 0 N–H and O–H groups in total. The Hall–Kier alpha value is -0.610. The fraction of sp³-hybridized carbons (Fsp3) is 0.545. The van der Waals surface area contributed by atoms with Gasteiger partial charge in [-0.1, -0.05) is 0 Å². The molecule has 0 atom stereocenters. The topological polar surface area (TPSA) is 25.4 Å². The van der Waals surface area contributed by atoms with E-state index in [4.69, 9.17) is 4.74 Å². The number of ether oxygens (including phenoxy) is 1. The molecule has 0 saturated carbocycles. The average Bonchev–Trinajstić information content (AvgIpc) is 2.07. The molecule has 2 saturated heterocycles. The number of anilines is 1. The zero-order valence-corrected chi connectivity index (χ0v) is 10.2. The van der Waals surface area contributed by atoms with Crippen molar-refractivity contribution in [3.63, 3.8) is 0 Å². The van der Waals surface area contributed by atoms with E-state index in [1.165, 1.54) is 5.56 Å². The summed E-state index contributed by atoms with van der Waals surface area (Å²) in [4.78, 5) is 6.74. The lowest BCUT2D eigenvalue weighted by Crippen LogP contribution is -2.66. The minimum atomic E-state index is 0.449. The van der Waals surface area contributed by atoms with E-state index in [0.717, 1.165) is 36.6 Å². The summed E-state index contributed by atoms with van der Waals surface area (Å²) in [7, 11) is 0. The number of rotatable bonds is 1. The first-order chi connectivity index (χ1) is 7.20. The second-order valence-corrected chi connectivity index (χ2v) is 5.41. The lowest BCUT2D eigenvalue weighted by Gasteiger charge is -2.55. The molecule has 4 heteroatoms. The van der Waals surface area contributed by atoms with E-state index in [0.29, 0.717) is 5.41 Å². The standard InChI is InChI=1S/C11H13BrN2O/c1-8-2-3-13-10(9(8)12)14-4-11(5-14)6-15-7-11/h2-3H,4-7H2,1H3. The highest BCUT2D eigenvalue weighted by Crippen LogP contribution is 2.41. The van der Waals surface area contributed by atoms with Gasteiger partial charge >= 0.3 is 0 Å². The Morgan fingerprint density at radius 1 is 1.47 bits per heavy atom. The van der Waals surface area contributed by atoms with Crippen molar-refractivity contribution in [3.05, 3.63) is 22.3 Å². The molecule has 0 bridgehead atoms. The first-order valence-electron chi connectivity index (χ1n) is 5.14. The predicted molar refractivity (Wildman–Crippen MR) is 62.1 cm³/mol. The molecule has 0 aromatic carbocycles. The van der Waals surface area contributed by atoms with E-state index in [-0.39, 0.29) is 0 Å². The van der Waals surface area contributed by atoms with Crippen LogP contribution in [-0.4, -0.2) is 31.3 Å². The Balaban J connectivity index is 1.80. The number of hydrogen-bond donors (Lipinski definition) is 0. The first kappa shape index (κ1) is 9.60. The van der Waals surface area contributed by atoms with E-state index in [2.05, 4.69) is 32.7 Å². The SMILES string of the molecule is Cc1ccnc(N2CC3(COC3)C2)c1Br. The predicted octanol–water partition coefficient (Wildman–Crippen LogP) is 1.99. The highest BCUT2D eigenvalue weighted by atomic mass is 79.9. The smallest absolute Gasteiger partial charge is 0.143 e. The van der Waals surface area contributed by atoms with Gasteiger partial charge in [-0.25, -0.2) is 4.98 Å². The van der Waals surface area contributed by atoms with Gasteiger partial charge in [0, 0.05) is 19.3 Å². The van der Waals surface area contributed by atoms with Gasteiger partial charge in [-0.05, 0) is 34.5 Å². The molecule has 1 aromatic heterocycles. The van der Waals surface area contributed by atoms with Crippen molar-refractivity contribution in [1.82, 2.24) is 4.98 Å². The van der Waals surface area contributed by atoms with Crippen LogP contribution in [0.2, 0.25) is 0 Å². The van der Waals surface area contributed by atoms with E-state index < -0.39 is 0 Å². The summed E-state index contributed by atoms with van der Waals surface area (Å²) in [6, 6.07) is 2.02. The number of pyridine rings is 1. The summed E-state index contributed by atoms with van der Waals surface area (Å²) >= 11 is 3.60.